The third kappa shape index (κ3) is 2.22. The number of carbonyl (C=O) groups is 1. The number of hydrogen-bond acceptors (Lipinski definition) is 3. The molecule has 1 aromatic rings. The Morgan fingerprint density at radius 2 is 2.33 bits per heavy atom. The van der Waals surface area contributed by atoms with E-state index in [4.69, 9.17) is 4.42 Å². The molecule has 3 nitrogen and oxygen atoms in total. The average Bonchev–Trinajstić information content (AvgIpc) is 2.66. The third-order valence-corrected chi connectivity index (χ3v) is 2.91. The van der Waals surface area contributed by atoms with Gasteiger partial charge in [0, 0.05) is 26.1 Å². The Morgan fingerprint density at radius 3 is 2.93 bits per heavy atom. The van der Waals surface area contributed by atoms with Crippen LogP contribution in [0.5, 0.6) is 0 Å². The van der Waals surface area contributed by atoms with E-state index in [2.05, 4.69) is 11.8 Å². The van der Waals surface area contributed by atoms with E-state index in [9.17, 15) is 4.79 Å². The van der Waals surface area contributed by atoms with Crippen LogP contribution in [0.3, 0.4) is 0 Å². The van der Waals surface area contributed by atoms with E-state index in [1.807, 2.05) is 6.07 Å². The predicted molar refractivity (Wildman–Crippen MR) is 59.3 cm³/mol. The van der Waals surface area contributed by atoms with Crippen molar-refractivity contribution in [3.05, 3.63) is 17.9 Å². The molecule has 1 aliphatic heterocycles. The minimum Gasteiger partial charge on any atom is -0.437 e. The van der Waals surface area contributed by atoms with Crippen molar-refractivity contribution in [1.29, 1.82) is 0 Å². The summed E-state index contributed by atoms with van der Waals surface area (Å²) in [6, 6.07) is 3.66. The molecule has 2 heterocycles. The molecule has 1 fully saturated rings. The first-order valence-corrected chi connectivity index (χ1v) is 5.52. The molecule has 1 aliphatic rings. The second kappa shape index (κ2) is 4.09. The van der Waals surface area contributed by atoms with Crippen molar-refractivity contribution in [2.24, 2.45) is 5.92 Å². The SMILES string of the molecule is CC(=O)c1ccc(N2CCCC(C)C2)o1. The number of carbonyl (C=O) groups excluding carboxylic acids is 1. The second-order valence-electron chi connectivity index (χ2n) is 4.39. The van der Waals surface area contributed by atoms with E-state index < -0.39 is 0 Å². The molecule has 0 amide bonds. The fraction of sp³-hybridized carbons (Fsp3) is 0.583. The van der Waals surface area contributed by atoms with Gasteiger partial charge >= 0.3 is 0 Å². The van der Waals surface area contributed by atoms with Crippen molar-refractivity contribution in [1.82, 2.24) is 0 Å². The Kier molecular flexibility index (Phi) is 2.80. The molecule has 1 unspecified atom stereocenters. The first kappa shape index (κ1) is 10.3. The van der Waals surface area contributed by atoms with Gasteiger partial charge in [0.05, 0.1) is 0 Å². The summed E-state index contributed by atoms with van der Waals surface area (Å²) in [6.45, 7) is 5.85. The number of nitrogens with zero attached hydrogens (tertiary/aromatic N) is 1. The van der Waals surface area contributed by atoms with Gasteiger partial charge in [0.15, 0.2) is 17.4 Å². The van der Waals surface area contributed by atoms with Crippen LogP contribution in [0.15, 0.2) is 16.5 Å². The summed E-state index contributed by atoms with van der Waals surface area (Å²) in [7, 11) is 0. The lowest BCUT2D eigenvalue weighted by Gasteiger charge is -2.30. The van der Waals surface area contributed by atoms with Gasteiger partial charge in [-0.25, -0.2) is 0 Å². The molecule has 82 valence electrons. The molecule has 0 spiro atoms. The minimum absolute atomic E-state index is 0.00805. The smallest absolute Gasteiger partial charge is 0.196 e. The molecular formula is C12H17NO2. The lowest BCUT2D eigenvalue weighted by atomic mass is 10.0. The molecule has 0 bridgehead atoms. The van der Waals surface area contributed by atoms with Crippen LogP contribution in [0.1, 0.15) is 37.2 Å². The molecule has 0 aromatic carbocycles. The summed E-state index contributed by atoms with van der Waals surface area (Å²) < 4.78 is 5.51. The van der Waals surface area contributed by atoms with E-state index in [0.29, 0.717) is 11.7 Å². The van der Waals surface area contributed by atoms with Crippen LogP contribution in [0.25, 0.3) is 0 Å². The molecule has 2 rings (SSSR count). The first-order valence-electron chi connectivity index (χ1n) is 5.52. The van der Waals surface area contributed by atoms with Crippen LogP contribution >= 0.6 is 0 Å². The fourth-order valence-electron chi connectivity index (χ4n) is 2.08. The largest absolute Gasteiger partial charge is 0.437 e. The van der Waals surface area contributed by atoms with E-state index in [1.165, 1.54) is 19.8 Å². The standard InChI is InChI=1S/C12H17NO2/c1-9-4-3-7-13(8-9)12-6-5-11(15-12)10(2)14/h5-6,9H,3-4,7-8H2,1-2H3. The van der Waals surface area contributed by atoms with Gasteiger partial charge in [-0.2, -0.15) is 0 Å². The minimum atomic E-state index is -0.00805. The van der Waals surface area contributed by atoms with E-state index in [-0.39, 0.29) is 5.78 Å². The van der Waals surface area contributed by atoms with Crippen LogP contribution in [0.2, 0.25) is 0 Å². The van der Waals surface area contributed by atoms with Gasteiger partial charge in [0.1, 0.15) is 0 Å². The van der Waals surface area contributed by atoms with Crippen molar-refractivity contribution < 1.29 is 9.21 Å². The molecular weight excluding hydrogens is 190 g/mol. The summed E-state index contributed by atoms with van der Waals surface area (Å²) in [6.07, 6.45) is 2.49. The predicted octanol–water partition coefficient (Wildman–Crippen LogP) is 2.72. The monoisotopic (exact) mass is 207 g/mol. The van der Waals surface area contributed by atoms with Gasteiger partial charge in [0.2, 0.25) is 0 Å². The van der Waals surface area contributed by atoms with E-state index >= 15 is 0 Å². The molecule has 1 saturated heterocycles. The normalized spacial score (nSPS) is 21.7. The quantitative estimate of drug-likeness (QED) is 0.699. The van der Waals surface area contributed by atoms with Crippen molar-refractivity contribution in [3.8, 4) is 0 Å². The number of rotatable bonds is 2. The van der Waals surface area contributed by atoms with Crippen molar-refractivity contribution in [3.63, 3.8) is 0 Å². The summed E-state index contributed by atoms with van der Waals surface area (Å²) in [4.78, 5) is 13.3. The Balaban J connectivity index is 2.11. The Hall–Kier alpha value is -1.25. The van der Waals surface area contributed by atoms with Crippen LogP contribution < -0.4 is 4.90 Å². The van der Waals surface area contributed by atoms with Gasteiger partial charge in [0.25, 0.3) is 0 Å². The number of ketones is 1. The van der Waals surface area contributed by atoms with Gasteiger partial charge in [-0.15, -0.1) is 0 Å². The average molecular weight is 207 g/mol. The Morgan fingerprint density at radius 1 is 1.53 bits per heavy atom. The maximum Gasteiger partial charge on any atom is 0.196 e. The van der Waals surface area contributed by atoms with Crippen molar-refractivity contribution in [2.75, 3.05) is 18.0 Å². The van der Waals surface area contributed by atoms with Crippen molar-refractivity contribution >= 4 is 11.7 Å². The molecule has 1 atom stereocenters. The number of furan rings is 1. The van der Waals surface area contributed by atoms with Crippen LogP contribution in [0, 0.1) is 5.92 Å². The van der Waals surface area contributed by atoms with E-state index in [0.717, 1.165) is 19.0 Å². The van der Waals surface area contributed by atoms with Gasteiger partial charge < -0.3 is 9.32 Å². The Bertz CT molecular complexity index is 356. The summed E-state index contributed by atoms with van der Waals surface area (Å²) in [5.41, 5.74) is 0. The van der Waals surface area contributed by atoms with Crippen LogP contribution in [0.4, 0.5) is 5.88 Å². The summed E-state index contributed by atoms with van der Waals surface area (Å²) in [5.74, 6) is 2.01. The first-order chi connectivity index (χ1) is 7.16. The molecule has 3 heteroatoms. The lowest BCUT2D eigenvalue weighted by molar-refractivity contribution is 0.0987. The highest BCUT2D eigenvalue weighted by Gasteiger charge is 2.19. The van der Waals surface area contributed by atoms with Crippen LogP contribution in [-0.4, -0.2) is 18.9 Å². The second-order valence-corrected chi connectivity index (χ2v) is 4.39. The van der Waals surface area contributed by atoms with Crippen LogP contribution in [-0.2, 0) is 0 Å². The number of hydrogen-bond donors (Lipinski definition) is 0. The van der Waals surface area contributed by atoms with Crippen molar-refractivity contribution in [2.45, 2.75) is 26.7 Å². The molecule has 0 aliphatic carbocycles. The maximum atomic E-state index is 11.1. The Labute approximate surface area is 90.1 Å². The molecule has 1 aromatic heterocycles. The molecule has 0 saturated carbocycles. The highest BCUT2D eigenvalue weighted by molar-refractivity contribution is 5.91. The number of anilines is 1. The third-order valence-electron chi connectivity index (χ3n) is 2.91. The zero-order valence-electron chi connectivity index (χ0n) is 9.32. The summed E-state index contributed by atoms with van der Waals surface area (Å²) >= 11 is 0. The molecule has 0 N–H and O–H groups in total. The van der Waals surface area contributed by atoms with Gasteiger partial charge in [-0.05, 0) is 24.8 Å². The lowest BCUT2D eigenvalue weighted by Crippen LogP contribution is -2.33. The fourth-order valence-corrected chi connectivity index (χ4v) is 2.08. The zero-order valence-corrected chi connectivity index (χ0v) is 9.32. The zero-order chi connectivity index (χ0) is 10.8. The summed E-state index contributed by atoms with van der Waals surface area (Å²) in [5, 5.41) is 0. The molecule has 0 radical (unpaired) electrons. The highest BCUT2D eigenvalue weighted by atomic mass is 16.4. The maximum absolute atomic E-state index is 11.1. The number of Topliss-reactive ketones (excluding diaryl/α,β-unsaturated/α-hetero) is 1. The topological polar surface area (TPSA) is 33.5 Å². The van der Waals surface area contributed by atoms with Gasteiger partial charge in [-0.3, -0.25) is 4.79 Å². The molecule has 15 heavy (non-hydrogen) atoms. The van der Waals surface area contributed by atoms with Gasteiger partial charge in [-0.1, -0.05) is 6.92 Å². The van der Waals surface area contributed by atoms with E-state index in [1.54, 1.807) is 6.07 Å². The highest BCUT2D eigenvalue weighted by Crippen LogP contribution is 2.24. The number of piperidine rings is 1.